The van der Waals surface area contributed by atoms with Gasteiger partial charge in [0.1, 0.15) is 23.3 Å². The third-order valence-corrected chi connectivity index (χ3v) is 5.21. The van der Waals surface area contributed by atoms with Gasteiger partial charge in [0.25, 0.3) is 5.91 Å². The van der Waals surface area contributed by atoms with Crippen LogP contribution in [-0.2, 0) is 4.79 Å². The highest BCUT2D eigenvalue weighted by Gasteiger charge is 2.35. The van der Waals surface area contributed by atoms with Crippen molar-refractivity contribution in [3.63, 3.8) is 0 Å². The molecule has 1 atom stereocenters. The Hall–Kier alpha value is -3.54. The van der Waals surface area contributed by atoms with Crippen LogP contribution in [0.15, 0.2) is 70.4 Å². The standard InChI is InChI=1S/C24H24N2O4/c1-16-6-4-7-17(2)24(16)30-15-23(27)26-21(22-8-5-13-29-22)14-20(25-26)18-9-11-19(28-3)12-10-18/h4-13,21H,14-15H2,1-3H3. The number of methoxy groups -OCH3 is 1. The lowest BCUT2D eigenvalue weighted by Crippen LogP contribution is -2.31. The molecule has 0 spiro atoms. The molecule has 1 aliphatic heterocycles. The molecule has 0 aliphatic carbocycles. The van der Waals surface area contributed by atoms with Gasteiger partial charge >= 0.3 is 0 Å². The third-order valence-electron chi connectivity index (χ3n) is 5.21. The monoisotopic (exact) mass is 404 g/mol. The highest BCUT2D eigenvalue weighted by atomic mass is 16.5. The van der Waals surface area contributed by atoms with Crippen molar-refractivity contribution in [2.24, 2.45) is 5.10 Å². The minimum Gasteiger partial charge on any atom is -0.497 e. The van der Waals surface area contributed by atoms with Crippen molar-refractivity contribution in [1.29, 1.82) is 0 Å². The van der Waals surface area contributed by atoms with E-state index in [-0.39, 0.29) is 18.6 Å². The molecule has 1 amide bonds. The topological polar surface area (TPSA) is 64.3 Å². The Kier molecular flexibility index (Phi) is 5.57. The second kappa shape index (κ2) is 8.45. The van der Waals surface area contributed by atoms with Crippen LogP contribution in [0.3, 0.4) is 0 Å². The maximum Gasteiger partial charge on any atom is 0.281 e. The molecule has 30 heavy (non-hydrogen) atoms. The number of rotatable bonds is 6. The fourth-order valence-electron chi connectivity index (χ4n) is 3.63. The number of carbonyl (C=O) groups is 1. The van der Waals surface area contributed by atoms with E-state index >= 15 is 0 Å². The van der Waals surface area contributed by atoms with E-state index in [2.05, 4.69) is 5.10 Å². The van der Waals surface area contributed by atoms with Crippen LogP contribution in [0.5, 0.6) is 11.5 Å². The first-order chi connectivity index (χ1) is 14.6. The van der Waals surface area contributed by atoms with Crippen molar-refractivity contribution >= 4 is 11.6 Å². The van der Waals surface area contributed by atoms with Crippen LogP contribution in [0.4, 0.5) is 0 Å². The fourth-order valence-corrected chi connectivity index (χ4v) is 3.63. The molecule has 0 saturated heterocycles. The second-order valence-electron chi connectivity index (χ2n) is 7.26. The van der Waals surface area contributed by atoms with Crippen molar-refractivity contribution in [2.45, 2.75) is 26.3 Å². The number of amides is 1. The number of aryl methyl sites for hydroxylation is 2. The van der Waals surface area contributed by atoms with Crippen molar-refractivity contribution in [2.75, 3.05) is 13.7 Å². The van der Waals surface area contributed by atoms with Gasteiger partial charge in [-0.3, -0.25) is 4.79 Å². The van der Waals surface area contributed by atoms with Crippen LogP contribution < -0.4 is 9.47 Å². The molecular formula is C24H24N2O4. The van der Waals surface area contributed by atoms with Crippen LogP contribution in [0.1, 0.15) is 34.9 Å². The van der Waals surface area contributed by atoms with Crippen molar-refractivity contribution in [1.82, 2.24) is 5.01 Å². The van der Waals surface area contributed by atoms with Gasteiger partial charge in [0, 0.05) is 6.42 Å². The maximum absolute atomic E-state index is 13.1. The van der Waals surface area contributed by atoms with Gasteiger partial charge in [-0.2, -0.15) is 5.10 Å². The van der Waals surface area contributed by atoms with Crippen LogP contribution >= 0.6 is 0 Å². The van der Waals surface area contributed by atoms with Gasteiger partial charge < -0.3 is 13.9 Å². The first kappa shape index (κ1) is 19.8. The van der Waals surface area contributed by atoms with Crippen LogP contribution in [0, 0.1) is 13.8 Å². The van der Waals surface area contributed by atoms with Gasteiger partial charge in [-0.25, -0.2) is 5.01 Å². The minimum atomic E-state index is -0.300. The Bertz CT molecular complexity index is 1040. The Morgan fingerprint density at radius 1 is 1.10 bits per heavy atom. The number of hydrogen-bond acceptors (Lipinski definition) is 5. The molecule has 0 saturated carbocycles. The summed E-state index contributed by atoms with van der Waals surface area (Å²) >= 11 is 0. The minimum absolute atomic E-state index is 0.0949. The largest absolute Gasteiger partial charge is 0.497 e. The lowest BCUT2D eigenvalue weighted by atomic mass is 10.0. The molecule has 0 bridgehead atoms. The molecular weight excluding hydrogens is 380 g/mol. The number of furan rings is 1. The fraction of sp³-hybridized carbons (Fsp3) is 0.250. The molecule has 6 heteroatoms. The van der Waals surface area contributed by atoms with E-state index in [1.54, 1.807) is 13.4 Å². The van der Waals surface area contributed by atoms with E-state index in [0.717, 1.165) is 33.9 Å². The summed E-state index contributed by atoms with van der Waals surface area (Å²) in [6.45, 7) is 3.84. The van der Waals surface area contributed by atoms with E-state index in [9.17, 15) is 4.79 Å². The number of nitrogens with zero attached hydrogens (tertiary/aromatic N) is 2. The molecule has 4 rings (SSSR count). The molecule has 0 fully saturated rings. The van der Waals surface area contributed by atoms with Gasteiger partial charge in [0.05, 0.1) is 19.1 Å². The summed E-state index contributed by atoms with van der Waals surface area (Å²) in [5.41, 5.74) is 3.75. The third kappa shape index (κ3) is 3.94. The molecule has 2 heterocycles. The van der Waals surface area contributed by atoms with Crippen molar-refractivity contribution in [3.8, 4) is 11.5 Å². The Morgan fingerprint density at radius 2 is 1.83 bits per heavy atom. The number of hydrazone groups is 1. The smallest absolute Gasteiger partial charge is 0.281 e. The molecule has 0 N–H and O–H groups in total. The molecule has 2 aromatic carbocycles. The summed E-state index contributed by atoms with van der Waals surface area (Å²) in [5, 5.41) is 6.11. The van der Waals surface area contributed by atoms with E-state index in [1.165, 1.54) is 5.01 Å². The number of carbonyl (C=O) groups excluding carboxylic acids is 1. The highest BCUT2D eigenvalue weighted by molar-refractivity contribution is 6.03. The lowest BCUT2D eigenvalue weighted by molar-refractivity contribution is -0.135. The molecule has 0 radical (unpaired) electrons. The summed E-state index contributed by atoms with van der Waals surface area (Å²) in [4.78, 5) is 13.1. The average Bonchev–Trinajstić information content (AvgIpc) is 3.43. The van der Waals surface area contributed by atoms with E-state index in [0.29, 0.717) is 12.2 Å². The SMILES string of the molecule is COc1ccc(C2=NN(C(=O)COc3c(C)cccc3C)C(c3ccco3)C2)cc1. The number of ether oxygens (including phenoxy) is 2. The molecule has 1 aliphatic rings. The van der Waals surface area contributed by atoms with Crippen molar-refractivity contribution < 1.29 is 18.7 Å². The molecule has 6 nitrogen and oxygen atoms in total. The predicted molar refractivity (Wildman–Crippen MR) is 114 cm³/mol. The summed E-state index contributed by atoms with van der Waals surface area (Å²) in [6.07, 6.45) is 2.17. The van der Waals surface area contributed by atoms with Crippen LogP contribution in [0.2, 0.25) is 0 Å². The van der Waals surface area contributed by atoms with E-state index in [4.69, 9.17) is 13.9 Å². The summed E-state index contributed by atoms with van der Waals surface area (Å²) in [7, 11) is 1.63. The molecule has 1 aromatic heterocycles. The van der Waals surface area contributed by atoms with Gasteiger partial charge in [0.2, 0.25) is 0 Å². The maximum atomic E-state index is 13.1. The average molecular weight is 404 g/mol. The van der Waals surface area contributed by atoms with Crippen molar-refractivity contribution in [3.05, 3.63) is 83.3 Å². The van der Waals surface area contributed by atoms with E-state index in [1.807, 2.05) is 68.4 Å². The number of para-hydroxylation sites is 1. The Labute approximate surface area is 175 Å². The predicted octanol–water partition coefficient (Wildman–Crippen LogP) is 4.66. The van der Waals surface area contributed by atoms with Crippen LogP contribution in [-0.4, -0.2) is 30.3 Å². The molecule has 3 aromatic rings. The van der Waals surface area contributed by atoms with Gasteiger partial charge in [-0.1, -0.05) is 18.2 Å². The highest BCUT2D eigenvalue weighted by Crippen LogP contribution is 2.33. The zero-order valence-electron chi connectivity index (χ0n) is 17.3. The second-order valence-corrected chi connectivity index (χ2v) is 7.26. The zero-order valence-corrected chi connectivity index (χ0v) is 17.3. The normalized spacial score (nSPS) is 15.8. The number of benzene rings is 2. The number of hydrogen-bond donors (Lipinski definition) is 0. The van der Waals surface area contributed by atoms with Gasteiger partial charge in [-0.15, -0.1) is 0 Å². The van der Waals surface area contributed by atoms with E-state index < -0.39 is 0 Å². The van der Waals surface area contributed by atoms with Gasteiger partial charge in [0.15, 0.2) is 6.61 Å². The van der Waals surface area contributed by atoms with Crippen LogP contribution in [0.25, 0.3) is 0 Å². The first-order valence-electron chi connectivity index (χ1n) is 9.83. The van der Waals surface area contributed by atoms with Gasteiger partial charge in [-0.05, 0) is 66.9 Å². The quantitative estimate of drug-likeness (QED) is 0.599. The Balaban J connectivity index is 1.57. The molecule has 154 valence electrons. The lowest BCUT2D eigenvalue weighted by Gasteiger charge is -2.20. The summed E-state index contributed by atoms with van der Waals surface area (Å²) in [6, 6.07) is 16.9. The molecule has 1 unspecified atom stereocenters. The Morgan fingerprint density at radius 3 is 2.47 bits per heavy atom. The first-order valence-corrected chi connectivity index (χ1v) is 9.83. The summed E-state index contributed by atoms with van der Waals surface area (Å²) < 4.78 is 16.7. The zero-order chi connectivity index (χ0) is 21.1. The summed E-state index contributed by atoms with van der Waals surface area (Å²) in [5.74, 6) is 1.99.